The van der Waals surface area contributed by atoms with Crippen LogP contribution in [-0.2, 0) is 84.3 Å². The molecule has 0 fully saturated rings. The van der Waals surface area contributed by atoms with Gasteiger partial charge in [0, 0.05) is 44.6 Å². The van der Waals surface area contributed by atoms with Crippen molar-refractivity contribution in [1.82, 2.24) is 98.6 Å². The Kier molecular flexibility index (Phi) is 19.6. The number of hydrogen-bond donors (Lipinski definition) is 0. The molecule has 0 atom stereocenters. The summed E-state index contributed by atoms with van der Waals surface area (Å²) in [4.78, 5) is 55.0. The molecule has 12 aliphatic rings. The van der Waals surface area contributed by atoms with Gasteiger partial charge in [0.05, 0.1) is 69.8 Å². The Morgan fingerprint density at radius 2 is 0.414 bits per heavy atom. The Hall–Kier alpha value is -12.7. The van der Waals surface area contributed by atoms with E-state index in [0.717, 1.165) is 68.3 Å². The zero-order valence-electron chi connectivity index (χ0n) is 69.4. The monoisotopic (exact) mass is 2400 g/mol. The van der Waals surface area contributed by atoms with E-state index in [9.17, 15) is 0 Å². The van der Waals surface area contributed by atoms with E-state index in [-0.39, 0.29) is 84.3 Å². The number of aryl methyl sites for hydroxylation is 8. The fourth-order valence-electron chi connectivity index (χ4n) is 18.1. The van der Waals surface area contributed by atoms with Gasteiger partial charge in [-0.3, -0.25) is 18.7 Å². The maximum Gasteiger partial charge on any atom is 4.00 e. The fourth-order valence-corrected chi connectivity index (χ4v) is 18.1. The molecule has 26 rings (SSSR count). The number of fused-ring (bicyclic) bond motifs is 20. The number of aromatic nitrogens is 16. The number of nitrogens with zero attached hydrogens (tertiary/aromatic N) is 24. The van der Waals surface area contributed by atoms with E-state index in [1.807, 2.05) is 242 Å². The summed E-state index contributed by atoms with van der Waals surface area (Å²) in [5.74, 6) is 5.99. The van der Waals surface area contributed by atoms with Gasteiger partial charge in [0.1, 0.15) is 0 Å². The molecule has 0 aliphatic carbocycles. The number of rotatable bonds is 8. The van der Waals surface area contributed by atoms with Gasteiger partial charge in [-0.15, -0.1) is 43.7 Å². The second-order valence-corrected chi connectivity index (χ2v) is 32.0. The van der Waals surface area contributed by atoms with Crippen molar-refractivity contribution < 1.29 is 122 Å². The number of hydrogen-bond acceptors (Lipinski definition) is 28. The summed E-state index contributed by atoms with van der Waals surface area (Å²) >= 11 is 0. The number of anilines is 4. The SMILES string of the molecule is CN1C=CN(c2[c-]c3c(nc2)Oc2c4c5c(c6c2B3c2[c-]c(N3C=CN(C)[CH-]3)cnc2O6)Oc2ncc(N3C=CN(C)[CH-]3)[c-]c2B5c2[c-]c(N3C=CN(C)[CH-]3)cnc2O4)[CH-]1.Cc1cc(C)n(-c2[c-]c3c(nc2)Oc2c4c5c(c6c2B3c2[c-]c(-n3nc(C)cc3C)cnc2O6)Oc2ncc(-n3nc(C)cc3C)[c-]c2B5c2[c-]c(-n3nc(C)cc3C)cnc2O4)n1.[Pt+2].[Pt+2].[Pt+4].[Pt+4]. The normalized spacial score (nSPS) is 15.2. The molecular weight excluding hydrogens is 2340 g/mol. The van der Waals surface area contributed by atoms with Gasteiger partial charge >= 0.3 is 84.3 Å². The average molecular weight is 2410 g/mol. The van der Waals surface area contributed by atoms with Crippen molar-refractivity contribution in [2.24, 2.45) is 0 Å². The number of ether oxygens (including phenoxy) is 8. The van der Waals surface area contributed by atoms with Gasteiger partial charge < -0.3 is 117 Å². The van der Waals surface area contributed by atoms with Crippen molar-refractivity contribution in [2.75, 3.05) is 47.8 Å². The molecule has 32 nitrogen and oxygen atoms in total. The standard InChI is InChI=1S/C46H32B2N12O4.C42H28B2N12O4.4Pt/c1-21-9-25(5)57(53-21)29-13-33-43(49-17-29)61-39-37-40(62-44-34(47(33)37)14-30(18-50-44)58-26(6)10-22(2)54-58)42-38-41(39)63-45-35(15-31(19-51-45)59-27(7)11-23(3)55-59)48(38)36-16-32(20-52-46(36)64-42)60-28(8)12-24(4)56-60;1-49-5-9-53(21-49)25-13-29-39(45-17-25)57-35-33-36(58-40-30(43(29)33)14-26(18-46-40)54-10-6-50(2)22-54)38-34-37(35)59-41-31(15-27(19-47-41)55-11-7-51(3)23-55)44(34)32-16-28(20-48-42(32)60-38)56-12-8-52(4)24-56;;;;/h9-12,17-20H,1-8H3;5-12,17-24H,1-4H3;;;;/q-4;-8;2*+2;2*+4. The van der Waals surface area contributed by atoms with Crippen LogP contribution in [0, 0.1) is 131 Å². The zero-order chi connectivity index (χ0) is 83.4. The topological polar surface area (TPSA) is 274 Å². The quantitative estimate of drug-likeness (QED) is 0.150. The summed E-state index contributed by atoms with van der Waals surface area (Å²) in [5.41, 5.74) is 20.5. The molecule has 128 heavy (non-hydrogen) atoms. The van der Waals surface area contributed by atoms with Gasteiger partial charge in [0.15, 0.2) is 46.0 Å². The number of pyridine rings is 8. The smallest absolute Gasteiger partial charge is 0.510 e. The zero-order valence-corrected chi connectivity index (χ0v) is 78.5. The molecular formula is C88H60B4N24O8Pt4. The molecule has 0 N–H and O–H groups in total. The van der Waals surface area contributed by atoms with Crippen molar-refractivity contribution >= 4 is 115 Å². The van der Waals surface area contributed by atoms with E-state index in [2.05, 4.69) is 48.5 Å². The molecule has 0 unspecified atom stereocenters. The van der Waals surface area contributed by atoms with E-state index >= 15 is 0 Å². The minimum Gasteiger partial charge on any atom is -0.510 e. The van der Waals surface area contributed by atoms with Gasteiger partial charge in [-0.05, 0) is 180 Å². The maximum atomic E-state index is 6.92. The van der Waals surface area contributed by atoms with Gasteiger partial charge in [0.25, 0.3) is 0 Å². The largest absolute Gasteiger partial charge is 4.00 e. The molecule has 40 heteroatoms. The van der Waals surface area contributed by atoms with Crippen LogP contribution in [0.4, 0.5) is 22.7 Å². The summed E-state index contributed by atoms with van der Waals surface area (Å²) in [6.45, 7) is 21.2. The van der Waals surface area contributed by atoms with Crippen molar-refractivity contribution in [1.29, 1.82) is 0 Å². The van der Waals surface area contributed by atoms with Gasteiger partial charge in [0.2, 0.25) is 26.9 Å². The predicted octanol–water partition coefficient (Wildman–Crippen LogP) is 4.41. The van der Waals surface area contributed by atoms with Crippen LogP contribution in [0.2, 0.25) is 0 Å². The van der Waals surface area contributed by atoms with Crippen LogP contribution in [0.25, 0.3) is 22.7 Å². The Labute approximate surface area is 792 Å². The van der Waals surface area contributed by atoms with Crippen LogP contribution in [0.1, 0.15) is 45.6 Å². The third-order valence-electron chi connectivity index (χ3n) is 23.4. The summed E-state index contributed by atoms with van der Waals surface area (Å²) in [6.07, 6.45) is 29.4. The molecule has 0 amide bonds. The molecule has 2 aromatic carbocycles. The second kappa shape index (κ2) is 30.5. The second-order valence-electron chi connectivity index (χ2n) is 32.0. The van der Waals surface area contributed by atoms with Crippen molar-refractivity contribution in [3.8, 4) is 116 Å². The van der Waals surface area contributed by atoms with Crippen LogP contribution in [0.3, 0.4) is 0 Å². The molecule has 0 bridgehead atoms. The van der Waals surface area contributed by atoms with Crippen molar-refractivity contribution in [3.63, 3.8) is 0 Å². The molecule has 14 aromatic rings. The minimum absolute atomic E-state index is 0. The van der Waals surface area contributed by atoms with Gasteiger partial charge in [-0.2, -0.15) is 95.6 Å². The van der Waals surface area contributed by atoms with E-state index < -0.39 is 26.9 Å². The molecule has 24 heterocycles. The first-order valence-electron chi connectivity index (χ1n) is 39.8. The van der Waals surface area contributed by atoms with Crippen LogP contribution in [0.15, 0.2) is 123 Å². The molecule has 12 aromatic heterocycles. The van der Waals surface area contributed by atoms with Crippen LogP contribution < -0.4 is 123 Å². The van der Waals surface area contributed by atoms with Gasteiger partial charge in [-0.1, -0.05) is 72.3 Å². The van der Waals surface area contributed by atoms with Gasteiger partial charge in [-0.25, -0.2) is 0 Å². The van der Waals surface area contributed by atoms with Crippen molar-refractivity contribution in [3.05, 3.63) is 244 Å². The molecule has 12 aliphatic heterocycles. The molecule has 0 radical (unpaired) electrons. The molecule has 632 valence electrons. The Morgan fingerprint density at radius 3 is 0.562 bits per heavy atom. The first kappa shape index (κ1) is 82.2. The van der Waals surface area contributed by atoms with Crippen LogP contribution in [0.5, 0.6) is 93.0 Å². The van der Waals surface area contributed by atoms with E-state index in [1.165, 1.54) is 0 Å². The van der Waals surface area contributed by atoms with Crippen molar-refractivity contribution in [2.45, 2.75) is 55.4 Å². The first-order valence-corrected chi connectivity index (χ1v) is 39.8. The van der Waals surface area contributed by atoms with Crippen LogP contribution in [-0.4, -0.2) is 154 Å². The predicted molar refractivity (Wildman–Crippen MR) is 458 cm³/mol. The fraction of sp³-hybridized carbons (Fsp3) is 0.136. The number of benzene rings is 2. The van der Waals surface area contributed by atoms with E-state index in [1.54, 1.807) is 49.6 Å². The third kappa shape index (κ3) is 12.7. The minimum atomic E-state index is -0.623. The van der Waals surface area contributed by atoms with E-state index in [0.29, 0.717) is 181 Å². The Bertz CT molecular complexity index is 6440. The van der Waals surface area contributed by atoms with Crippen LogP contribution >= 0.6 is 0 Å². The summed E-state index contributed by atoms with van der Waals surface area (Å²) < 4.78 is 62.5. The first-order chi connectivity index (χ1) is 60.3. The average Bonchev–Trinajstić information content (AvgIpc) is 1.51. The summed E-state index contributed by atoms with van der Waals surface area (Å²) in [6, 6.07) is 37.2. The third-order valence-corrected chi connectivity index (χ3v) is 23.4. The van der Waals surface area contributed by atoms with E-state index in [4.69, 9.17) is 98.2 Å². The molecule has 0 saturated heterocycles. The Morgan fingerprint density at radius 1 is 0.250 bits per heavy atom. The molecule has 0 saturated carbocycles. The summed E-state index contributed by atoms with van der Waals surface area (Å²) in [7, 11) is 7.86. The maximum absolute atomic E-state index is 6.92. The Balaban J connectivity index is 0.000000151. The summed E-state index contributed by atoms with van der Waals surface area (Å²) in [5, 5.41) is 19.0. The molecule has 0 spiro atoms.